The standard InChI is InChI=1S/C20H15N3O6S/c24-19(13-28-17-8-2-1-7-16(17)23(26)27)22-21-12-14-5-3-6-15(11-14)29-20(25)18-9-4-10-30-18/h1-12H,13H2,(H,22,24). The minimum Gasteiger partial charge on any atom is -0.477 e. The van der Waals surface area contributed by atoms with Crippen molar-refractivity contribution in [3.05, 3.63) is 86.6 Å². The van der Waals surface area contributed by atoms with Crippen LogP contribution >= 0.6 is 11.3 Å². The third kappa shape index (κ3) is 5.72. The van der Waals surface area contributed by atoms with Crippen LogP contribution < -0.4 is 14.9 Å². The Morgan fingerprint density at radius 2 is 1.97 bits per heavy atom. The number of rotatable bonds is 8. The number of amides is 1. The van der Waals surface area contributed by atoms with Crippen LogP contribution in [0.2, 0.25) is 0 Å². The molecule has 0 aliphatic rings. The van der Waals surface area contributed by atoms with Gasteiger partial charge < -0.3 is 9.47 Å². The normalized spacial score (nSPS) is 10.5. The van der Waals surface area contributed by atoms with Crippen molar-refractivity contribution in [1.29, 1.82) is 0 Å². The third-order valence-electron chi connectivity index (χ3n) is 3.61. The number of para-hydroxylation sites is 2. The van der Waals surface area contributed by atoms with Crippen LogP contribution in [0, 0.1) is 10.1 Å². The number of carbonyl (C=O) groups is 2. The lowest BCUT2D eigenvalue weighted by Gasteiger charge is -2.05. The molecule has 30 heavy (non-hydrogen) atoms. The zero-order chi connectivity index (χ0) is 21.3. The monoisotopic (exact) mass is 425 g/mol. The summed E-state index contributed by atoms with van der Waals surface area (Å²) in [7, 11) is 0. The van der Waals surface area contributed by atoms with E-state index in [1.807, 2.05) is 0 Å². The number of thiophene rings is 1. The number of ether oxygens (including phenoxy) is 2. The fraction of sp³-hybridized carbons (Fsp3) is 0.0500. The summed E-state index contributed by atoms with van der Waals surface area (Å²) in [6, 6.07) is 15.8. The SMILES string of the molecule is O=C(COc1ccccc1[N+](=O)[O-])NN=Cc1cccc(OC(=O)c2cccs2)c1. The van der Waals surface area contributed by atoms with Gasteiger partial charge in [0.15, 0.2) is 12.4 Å². The Morgan fingerprint density at radius 1 is 1.13 bits per heavy atom. The van der Waals surface area contributed by atoms with E-state index in [-0.39, 0.29) is 11.4 Å². The zero-order valence-electron chi connectivity index (χ0n) is 15.4. The molecule has 0 radical (unpaired) electrons. The number of esters is 1. The number of carbonyl (C=O) groups excluding carboxylic acids is 2. The molecule has 1 N–H and O–H groups in total. The van der Waals surface area contributed by atoms with Gasteiger partial charge in [0, 0.05) is 6.07 Å². The van der Waals surface area contributed by atoms with Crippen molar-refractivity contribution in [3.8, 4) is 11.5 Å². The van der Waals surface area contributed by atoms with Gasteiger partial charge in [0.1, 0.15) is 10.6 Å². The molecule has 3 rings (SSSR count). The van der Waals surface area contributed by atoms with Gasteiger partial charge in [-0.2, -0.15) is 5.10 Å². The van der Waals surface area contributed by atoms with Gasteiger partial charge >= 0.3 is 11.7 Å². The Bertz CT molecular complexity index is 1080. The molecule has 0 bridgehead atoms. The smallest absolute Gasteiger partial charge is 0.353 e. The first-order chi connectivity index (χ1) is 14.5. The van der Waals surface area contributed by atoms with Gasteiger partial charge in [0.25, 0.3) is 5.91 Å². The quantitative estimate of drug-likeness (QED) is 0.194. The molecule has 2 aromatic carbocycles. The van der Waals surface area contributed by atoms with Crippen molar-refractivity contribution < 1.29 is 24.0 Å². The molecule has 0 aliphatic carbocycles. The van der Waals surface area contributed by atoms with E-state index in [2.05, 4.69) is 10.5 Å². The van der Waals surface area contributed by atoms with Crippen LogP contribution in [0.1, 0.15) is 15.2 Å². The molecule has 0 atom stereocenters. The van der Waals surface area contributed by atoms with Gasteiger partial charge in [-0.1, -0.05) is 30.3 Å². The van der Waals surface area contributed by atoms with Crippen LogP contribution in [0.5, 0.6) is 11.5 Å². The maximum absolute atomic E-state index is 12.0. The number of nitrogens with zero attached hydrogens (tertiary/aromatic N) is 2. The lowest BCUT2D eigenvalue weighted by atomic mass is 10.2. The number of benzene rings is 2. The fourth-order valence-electron chi connectivity index (χ4n) is 2.29. The molecule has 0 fully saturated rings. The van der Waals surface area contributed by atoms with Gasteiger partial charge in [-0.15, -0.1) is 11.3 Å². The highest BCUT2D eigenvalue weighted by atomic mass is 32.1. The fourth-order valence-corrected chi connectivity index (χ4v) is 2.89. The highest BCUT2D eigenvalue weighted by Crippen LogP contribution is 2.25. The average molecular weight is 425 g/mol. The first kappa shape index (κ1) is 20.7. The van der Waals surface area contributed by atoms with E-state index in [0.717, 1.165) is 0 Å². The van der Waals surface area contributed by atoms with Crippen molar-refractivity contribution in [2.24, 2.45) is 5.10 Å². The first-order valence-electron chi connectivity index (χ1n) is 8.57. The summed E-state index contributed by atoms with van der Waals surface area (Å²) in [5.41, 5.74) is 2.62. The molecule has 0 unspecified atom stereocenters. The van der Waals surface area contributed by atoms with Crippen LogP contribution in [0.4, 0.5) is 5.69 Å². The van der Waals surface area contributed by atoms with Crippen molar-refractivity contribution in [3.63, 3.8) is 0 Å². The summed E-state index contributed by atoms with van der Waals surface area (Å²) in [4.78, 5) is 34.6. The second-order valence-corrected chi connectivity index (χ2v) is 6.69. The summed E-state index contributed by atoms with van der Waals surface area (Å²) in [6.07, 6.45) is 1.37. The van der Waals surface area contributed by atoms with E-state index >= 15 is 0 Å². The van der Waals surface area contributed by atoms with Gasteiger partial charge in [-0.05, 0) is 35.2 Å². The molecule has 152 valence electrons. The Kier molecular flexibility index (Phi) is 6.85. The molecule has 1 amide bonds. The second-order valence-electron chi connectivity index (χ2n) is 5.75. The van der Waals surface area contributed by atoms with Crippen LogP contribution in [0.3, 0.4) is 0 Å². The van der Waals surface area contributed by atoms with E-state index < -0.39 is 23.4 Å². The predicted molar refractivity (Wildman–Crippen MR) is 110 cm³/mol. The van der Waals surface area contributed by atoms with Gasteiger partial charge in [-0.25, -0.2) is 10.2 Å². The molecule has 1 heterocycles. The summed E-state index contributed by atoms with van der Waals surface area (Å²) in [6.45, 7) is -0.444. The summed E-state index contributed by atoms with van der Waals surface area (Å²) in [5.74, 6) is -0.727. The summed E-state index contributed by atoms with van der Waals surface area (Å²) >= 11 is 1.28. The third-order valence-corrected chi connectivity index (χ3v) is 4.46. The molecule has 3 aromatic rings. The summed E-state index contributed by atoms with van der Waals surface area (Å²) < 4.78 is 10.5. The van der Waals surface area contributed by atoms with Crippen molar-refractivity contribution >= 4 is 35.1 Å². The van der Waals surface area contributed by atoms with Crippen molar-refractivity contribution in [2.45, 2.75) is 0 Å². The van der Waals surface area contributed by atoms with E-state index in [4.69, 9.17) is 9.47 Å². The number of nitrogens with one attached hydrogen (secondary N) is 1. The first-order valence-corrected chi connectivity index (χ1v) is 9.45. The Balaban J connectivity index is 1.52. The molecule has 0 saturated carbocycles. The lowest BCUT2D eigenvalue weighted by Crippen LogP contribution is -2.24. The van der Waals surface area contributed by atoms with Crippen LogP contribution in [-0.4, -0.2) is 29.6 Å². The molecular weight excluding hydrogens is 410 g/mol. The minimum absolute atomic E-state index is 0.0121. The van der Waals surface area contributed by atoms with Gasteiger partial charge in [0.2, 0.25) is 0 Å². The van der Waals surface area contributed by atoms with Crippen LogP contribution in [0.15, 0.2) is 71.1 Å². The topological polar surface area (TPSA) is 120 Å². The second kappa shape index (κ2) is 9.94. The number of hydrazone groups is 1. The molecule has 0 aliphatic heterocycles. The van der Waals surface area contributed by atoms with E-state index in [1.165, 1.54) is 35.8 Å². The largest absolute Gasteiger partial charge is 0.477 e. The number of nitro groups is 1. The molecule has 10 heteroatoms. The maximum atomic E-state index is 12.0. The van der Waals surface area contributed by atoms with E-state index in [1.54, 1.807) is 47.8 Å². The van der Waals surface area contributed by atoms with Crippen LogP contribution in [-0.2, 0) is 4.79 Å². The highest BCUT2D eigenvalue weighted by Gasteiger charge is 2.14. The number of hydrogen-bond donors (Lipinski definition) is 1. The van der Waals surface area contributed by atoms with Gasteiger partial charge in [0.05, 0.1) is 11.1 Å². The summed E-state index contributed by atoms with van der Waals surface area (Å²) in [5, 5.41) is 16.5. The lowest BCUT2D eigenvalue weighted by molar-refractivity contribution is -0.385. The highest BCUT2D eigenvalue weighted by molar-refractivity contribution is 7.12. The number of nitro benzene ring substituents is 1. The Labute approximate surface area is 174 Å². The van der Waals surface area contributed by atoms with Crippen molar-refractivity contribution in [2.75, 3.05) is 6.61 Å². The average Bonchev–Trinajstić information content (AvgIpc) is 3.28. The molecule has 9 nitrogen and oxygen atoms in total. The Morgan fingerprint density at radius 3 is 2.73 bits per heavy atom. The Hall–Kier alpha value is -4.05. The van der Waals surface area contributed by atoms with Gasteiger partial charge in [-0.3, -0.25) is 14.9 Å². The maximum Gasteiger partial charge on any atom is 0.353 e. The molecule has 1 aromatic heterocycles. The molecule has 0 spiro atoms. The zero-order valence-corrected chi connectivity index (χ0v) is 16.2. The molecule has 0 saturated heterocycles. The van der Waals surface area contributed by atoms with Crippen LogP contribution in [0.25, 0.3) is 0 Å². The molecular formula is C20H15N3O6S. The van der Waals surface area contributed by atoms with Crippen molar-refractivity contribution in [1.82, 2.24) is 5.43 Å². The van der Waals surface area contributed by atoms with E-state index in [9.17, 15) is 19.7 Å². The minimum atomic E-state index is -0.594. The number of hydrogen-bond acceptors (Lipinski definition) is 8. The predicted octanol–water partition coefficient (Wildman–Crippen LogP) is 3.40. The van der Waals surface area contributed by atoms with E-state index in [0.29, 0.717) is 16.2 Å².